The van der Waals surface area contributed by atoms with Crippen LogP contribution in [0.1, 0.15) is 31.8 Å². The molecule has 2 aliphatic heterocycles. The van der Waals surface area contributed by atoms with E-state index in [1.165, 1.54) is 0 Å². The number of ketones is 1. The predicted octanol–water partition coefficient (Wildman–Crippen LogP) is 2.78. The fourth-order valence-corrected chi connectivity index (χ4v) is 4.76. The minimum atomic E-state index is -1.23. The smallest absolute Gasteiger partial charge is 0.327 e. The van der Waals surface area contributed by atoms with Gasteiger partial charge < -0.3 is 10.1 Å². The van der Waals surface area contributed by atoms with Gasteiger partial charge in [-0.25, -0.2) is 4.90 Å². The molecule has 3 aromatic rings. The Morgan fingerprint density at radius 1 is 0.938 bits per heavy atom. The summed E-state index contributed by atoms with van der Waals surface area (Å²) in [6, 6.07) is 24.4. The molecule has 6 nitrogen and oxygen atoms in total. The lowest BCUT2D eigenvalue weighted by molar-refractivity contribution is -0.150. The molecule has 0 aliphatic carbocycles. The van der Waals surface area contributed by atoms with Crippen LogP contribution in [0.5, 0.6) is 0 Å². The predicted molar refractivity (Wildman–Crippen MR) is 118 cm³/mol. The molecule has 2 saturated heterocycles. The molecule has 3 aromatic carbocycles. The van der Waals surface area contributed by atoms with Crippen LogP contribution in [-0.4, -0.2) is 48.1 Å². The van der Waals surface area contributed by atoms with Gasteiger partial charge in [0.2, 0.25) is 5.72 Å². The summed E-state index contributed by atoms with van der Waals surface area (Å²) in [6.07, 6.45) is 0.722. The van der Waals surface area contributed by atoms with E-state index in [1.54, 1.807) is 24.3 Å². The van der Waals surface area contributed by atoms with E-state index >= 15 is 0 Å². The lowest BCUT2D eigenvalue weighted by Crippen LogP contribution is -2.64. The third kappa shape index (κ3) is 3.16. The molecule has 2 atom stereocenters. The summed E-state index contributed by atoms with van der Waals surface area (Å²) in [5.41, 5.74) is 1.19. The number of esters is 1. The number of carbonyl (C=O) groups excluding carboxylic acids is 3. The van der Waals surface area contributed by atoms with Gasteiger partial charge in [0.15, 0.2) is 5.78 Å². The molecule has 0 spiro atoms. The van der Waals surface area contributed by atoms with Gasteiger partial charge >= 0.3 is 5.97 Å². The molecule has 0 radical (unpaired) electrons. The highest BCUT2D eigenvalue weighted by Crippen LogP contribution is 2.46. The Morgan fingerprint density at radius 3 is 2.22 bits per heavy atom. The monoisotopic (exact) mass is 426 g/mol. The molecule has 2 aliphatic rings. The Morgan fingerprint density at radius 2 is 1.59 bits per heavy atom. The number of piperazine rings is 1. The summed E-state index contributed by atoms with van der Waals surface area (Å²) in [5.74, 6) is -0.537. The number of carbonyl (C=O) groups is 3. The molecule has 0 bridgehead atoms. The average Bonchev–Trinajstić information content (AvgIpc) is 3.18. The average molecular weight is 426 g/mol. The number of hydrogen-bond donors (Lipinski definition) is 1. The Kier molecular flexibility index (Phi) is 5.17. The molecule has 1 N–H and O–H groups in total. The van der Waals surface area contributed by atoms with E-state index in [0.717, 1.165) is 17.4 Å². The number of nitrogens with one attached hydrogen (secondary N) is 1. The zero-order valence-electron chi connectivity index (χ0n) is 17.3. The van der Waals surface area contributed by atoms with Crippen LogP contribution < -0.4 is 5.32 Å². The van der Waals surface area contributed by atoms with Crippen LogP contribution in [0, 0.1) is 0 Å². The molecule has 5 rings (SSSR count). The van der Waals surface area contributed by atoms with Crippen LogP contribution in [0.3, 0.4) is 0 Å². The van der Waals surface area contributed by atoms with Crippen molar-refractivity contribution in [2.45, 2.75) is 17.8 Å². The number of benzene rings is 3. The quantitative estimate of drug-likeness (QED) is 0.384. The van der Waals surface area contributed by atoms with Crippen molar-refractivity contribution in [3.8, 4) is 0 Å². The first kappa shape index (κ1) is 20.3. The van der Waals surface area contributed by atoms with E-state index in [4.69, 9.17) is 4.74 Å². The van der Waals surface area contributed by atoms with Crippen molar-refractivity contribution in [1.29, 1.82) is 0 Å². The maximum atomic E-state index is 13.7. The van der Waals surface area contributed by atoms with Crippen LogP contribution in [0.4, 0.5) is 0 Å². The zero-order chi connectivity index (χ0) is 22.1. The largest absolute Gasteiger partial charge is 0.434 e. The highest BCUT2D eigenvalue weighted by atomic mass is 16.6. The fraction of sp³-hybridized carbons (Fsp3) is 0.192. The van der Waals surface area contributed by atoms with E-state index in [-0.39, 0.29) is 11.8 Å². The van der Waals surface area contributed by atoms with E-state index < -0.39 is 17.8 Å². The summed E-state index contributed by atoms with van der Waals surface area (Å²) in [7, 11) is 0. The second-order valence-electron chi connectivity index (χ2n) is 8.00. The van der Waals surface area contributed by atoms with Gasteiger partial charge in [0, 0.05) is 35.3 Å². The molecule has 2 unspecified atom stereocenters. The number of cyclic esters (lactones) is 1. The van der Waals surface area contributed by atoms with Crippen molar-refractivity contribution in [1.82, 2.24) is 10.2 Å². The van der Waals surface area contributed by atoms with Crippen LogP contribution in [0.15, 0.2) is 84.9 Å². The van der Waals surface area contributed by atoms with E-state index in [1.807, 2.05) is 65.6 Å². The van der Waals surface area contributed by atoms with Gasteiger partial charge in [-0.2, -0.15) is 0 Å². The van der Waals surface area contributed by atoms with Crippen LogP contribution in [-0.2, 0) is 15.3 Å². The Balaban J connectivity index is 1.68. The molecular formula is C26H22N2O4. The third-order valence-corrected chi connectivity index (χ3v) is 6.17. The Labute approximate surface area is 185 Å². The molecule has 160 valence electrons. The molecule has 0 saturated carbocycles. The number of nitrogens with zero attached hydrogens (tertiary/aromatic N) is 1. The number of fused-ring (bicyclic) bond motifs is 1. The molecule has 0 amide bonds. The molecule has 2 fully saturated rings. The molecular weight excluding hydrogens is 404 g/mol. The van der Waals surface area contributed by atoms with Gasteiger partial charge in [-0.05, 0) is 6.07 Å². The normalized spacial score (nSPS) is 22.1. The number of aldehydes is 1. The summed E-state index contributed by atoms with van der Waals surface area (Å²) in [5, 5.41) is 3.22. The summed E-state index contributed by atoms with van der Waals surface area (Å²) in [6.45, 7) is 0.747. The second kappa shape index (κ2) is 8.15. The lowest BCUT2D eigenvalue weighted by Gasteiger charge is -2.44. The van der Waals surface area contributed by atoms with E-state index in [0.29, 0.717) is 24.2 Å². The highest BCUT2D eigenvalue weighted by molar-refractivity contribution is 6.02. The number of rotatable bonds is 5. The number of Topliss-reactive ketones (excluding diaryl/α,β-unsaturated/α-hetero) is 1. The first-order valence-corrected chi connectivity index (χ1v) is 10.6. The molecule has 0 aromatic heterocycles. The molecule has 2 heterocycles. The van der Waals surface area contributed by atoms with Crippen LogP contribution in [0.2, 0.25) is 0 Å². The lowest BCUT2D eigenvalue weighted by atomic mass is 9.88. The third-order valence-electron chi connectivity index (χ3n) is 6.17. The van der Waals surface area contributed by atoms with Crippen LogP contribution >= 0.6 is 0 Å². The second-order valence-corrected chi connectivity index (χ2v) is 8.00. The van der Waals surface area contributed by atoms with Gasteiger partial charge in [0.1, 0.15) is 12.3 Å². The first-order chi connectivity index (χ1) is 15.6. The van der Waals surface area contributed by atoms with Gasteiger partial charge in [-0.3, -0.25) is 14.4 Å². The Bertz CT molecular complexity index is 1120. The highest BCUT2D eigenvalue weighted by Gasteiger charge is 2.60. The van der Waals surface area contributed by atoms with Crippen molar-refractivity contribution in [3.63, 3.8) is 0 Å². The SMILES string of the molecule is O=Cc1cccc(C(=O)C2CNCC3C(=O)OC(c4ccccc4)(c4ccccc4)N32)c1. The van der Waals surface area contributed by atoms with Crippen molar-refractivity contribution in [2.24, 2.45) is 0 Å². The van der Waals surface area contributed by atoms with Crippen LogP contribution in [0.25, 0.3) is 0 Å². The minimum Gasteiger partial charge on any atom is -0.434 e. The molecule has 32 heavy (non-hydrogen) atoms. The van der Waals surface area contributed by atoms with E-state index in [9.17, 15) is 14.4 Å². The standard InChI is InChI=1S/C26H22N2O4/c29-17-18-8-7-9-19(14-18)24(30)22-15-27-16-23-25(31)32-26(28(22)23,20-10-3-1-4-11-20)21-12-5-2-6-13-21/h1-14,17,22-23,27H,15-16H2. The summed E-state index contributed by atoms with van der Waals surface area (Å²) >= 11 is 0. The van der Waals surface area contributed by atoms with Crippen molar-refractivity contribution in [3.05, 3.63) is 107 Å². The van der Waals surface area contributed by atoms with Crippen molar-refractivity contribution < 1.29 is 19.1 Å². The number of ether oxygens (including phenoxy) is 1. The van der Waals surface area contributed by atoms with Gasteiger partial charge in [0.25, 0.3) is 0 Å². The van der Waals surface area contributed by atoms with E-state index in [2.05, 4.69) is 5.32 Å². The van der Waals surface area contributed by atoms with Crippen molar-refractivity contribution >= 4 is 18.0 Å². The summed E-state index contributed by atoms with van der Waals surface area (Å²) in [4.78, 5) is 40.0. The van der Waals surface area contributed by atoms with Gasteiger partial charge in [-0.1, -0.05) is 78.9 Å². The topological polar surface area (TPSA) is 75.7 Å². The van der Waals surface area contributed by atoms with Gasteiger partial charge in [0.05, 0.1) is 6.04 Å². The first-order valence-electron chi connectivity index (χ1n) is 10.6. The minimum absolute atomic E-state index is 0.166. The maximum absolute atomic E-state index is 13.7. The molecule has 6 heteroatoms. The number of hydrogen-bond acceptors (Lipinski definition) is 6. The Hall–Kier alpha value is -3.61. The summed E-state index contributed by atoms with van der Waals surface area (Å²) < 4.78 is 6.17. The fourth-order valence-electron chi connectivity index (χ4n) is 4.76. The maximum Gasteiger partial charge on any atom is 0.327 e. The zero-order valence-corrected chi connectivity index (χ0v) is 17.3. The van der Waals surface area contributed by atoms with Crippen molar-refractivity contribution in [2.75, 3.05) is 13.1 Å². The van der Waals surface area contributed by atoms with Gasteiger partial charge in [-0.15, -0.1) is 0 Å².